The lowest BCUT2D eigenvalue weighted by molar-refractivity contribution is -0.130. The second kappa shape index (κ2) is 6.14. The van der Waals surface area contributed by atoms with Gasteiger partial charge >= 0.3 is 0 Å². The van der Waals surface area contributed by atoms with E-state index in [2.05, 4.69) is 9.97 Å². The van der Waals surface area contributed by atoms with Gasteiger partial charge in [-0.1, -0.05) is 0 Å². The van der Waals surface area contributed by atoms with Gasteiger partial charge in [0.25, 0.3) is 0 Å². The van der Waals surface area contributed by atoms with Crippen molar-refractivity contribution in [3.8, 4) is 0 Å². The van der Waals surface area contributed by atoms with Crippen LogP contribution in [0.2, 0.25) is 0 Å². The smallest absolute Gasteiger partial charge is 0.226 e. The maximum Gasteiger partial charge on any atom is 0.226 e. The van der Waals surface area contributed by atoms with E-state index >= 15 is 0 Å². The van der Waals surface area contributed by atoms with Crippen LogP contribution in [0.15, 0.2) is 35.9 Å². The molecule has 2 aliphatic heterocycles. The molecule has 8 nitrogen and oxygen atoms in total. The number of aromatic amines is 2. The number of hydrogen-bond acceptors (Lipinski definition) is 4. The Morgan fingerprint density at radius 2 is 1.53 bits per heavy atom. The van der Waals surface area contributed by atoms with E-state index in [0.29, 0.717) is 42.7 Å². The number of hydrogen-bond donors (Lipinski definition) is 2. The number of amides is 2. The molecule has 9 rings (SSSR count). The molecule has 4 heterocycles. The number of carbonyl (C=O) groups is 4. The number of ketones is 2. The van der Waals surface area contributed by atoms with E-state index in [0.717, 1.165) is 46.5 Å². The molecule has 3 spiro atoms. The molecule has 0 bridgehead atoms. The summed E-state index contributed by atoms with van der Waals surface area (Å²) < 4.78 is 0. The molecule has 7 aliphatic rings. The lowest BCUT2D eigenvalue weighted by Gasteiger charge is -2.31. The maximum atomic E-state index is 13.4. The Morgan fingerprint density at radius 3 is 2.24 bits per heavy atom. The molecule has 38 heavy (non-hydrogen) atoms. The Balaban J connectivity index is 0.910. The van der Waals surface area contributed by atoms with Crippen LogP contribution in [-0.4, -0.2) is 56.2 Å². The van der Waals surface area contributed by atoms with Gasteiger partial charge in [0.15, 0.2) is 0 Å². The highest BCUT2D eigenvalue weighted by molar-refractivity contribution is 6.09. The van der Waals surface area contributed by atoms with Gasteiger partial charge in [0.1, 0.15) is 0 Å². The Kier molecular flexibility index (Phi) is 3.43. The lowest BCUT2D eigenvalue weighted by atomic mass is 9.75. The zero-order valence-electron chi connectivity index (χ0n) is 21.4. The van der Waals surface area contributed by atoms with E-state index < -0.39 is 0 Å². The number of likely N-dealkylation sites (tertiary alicyclic amines) is 2. The van der Waals surface area contributed by atoms with E-state index in [4.69, 9.17) is 0 Å². The number of nitrogens with zero attached hydrogens (tertiary/aromatic N) is 2. The van der Waals surface area contributed by atoms with E-state index in [9.17, 15) is 19.2 Å². The van der Waals surface area contributed by atoms with Crippen LogP contribution >= 0.6 is 0 Å². The quantitative estimate of drug-likeness (QED) is 0.662. The van der Waals surface area contributed by atoms with Crippen LogP contribution < -0.4 is 0 Å². The van der Waals surface area contributed by atoms with Crippen molar-refractivity contribution in [1.82, 2.24) is 19.8 Å². The van der Waals surface area contributed by atoms with Gasteiger partial charge in [-0.25, -0.2) is 0 Å². The third-order valence-corrected chi connectivity index (χ3v) is 11.1. The highest BCUT2D eigenvalue weighted by Crippen LogP contribution is 2.94. The Morgan fingerprint density at radius 1 is 0.895 bits per heavy atom. The third-order valence-electron chi connectivity index (χ3n) is 11.1. The minimum absolute atomic E-state index is 0.000442. The molecule has 3 unspecified atom stereocenters. The first-order chi connectivity index (χ1) is 18.3. The van der Waals surface area contributed by atoms with Crippen LogP contribution in [0.1, 0.15) is 75.3 Å². The first kappa shape index (κ1) is 21.3. The number of allylic oxidation sites excluding steroid dienone is 4. The SMILES string of the molecule is Cc1c[nH]c2c1C13C[C@@H]1CN(C(=O)CCCC(=O)N1C[C@@]45CC4C54C1=CC(=O)c1[nH]cc(C)c14)C3=CC2=O. The average molecular weight is 509 g/mol. The molecule has 0 aromatic carbocycles. The van der Waals surface area contributed by atoms with Crippen molar-refractivity contribution in [3.05, 3.63) is 69.6 Å². The van der Waals surface area contributed by atoms with Crippen LogP contribution in [0.4, 0.5) is 0 Å². The molecule has 2 saturated heterocycles. The predicted molar refractivity (Wildman–Crippen MR) is 135 cm³/mol. The van der Waals surface area contributed by atoms with Gasteiger partial charge in [0.05, 0.1) is 11.4 Å². The minimum Gasteiger partial charge on any atom is -0.358 e. The molecule has 2 amide bonds. The Bertz CT molecular complexity index is 1660. The number of carbonyl (C=O) groups excluding carboxylic acids is 4. The predicted octanol–water partition coefficient (Wildman–Crippen LogP) is 3.19. The molecule has 5 atom stereocenters. The fraction of sp³-hybridized carbons (Fsp3) is 0.467. The summed E-state index contributed by atoms with van der Waals surface area (Å²) in [4.78, 5) is 62.3. The van der Waals surface area contributed by atoms with Crippen molar-refractivity contribution in [1.29, 1.82) is 0 Å². The summed E-state index contributed by atoms with van der Waals surface area (Å²) in [6.07, 6.45) is 10.2. The zero-order chi connectivity index (χ0) is 25.9. The van der Waals surface area contributed by atoms with Gasteiger partial charge in [0.2, 0.25) is 23.4 Å². The molecule has 5 aliphatic carbocycles. The molecule has 2 aromatic heterocycles. The van der Waals surface area contributed by atoms with E-state index in [1.165, 1.54) is 0 Å². The maximum absolute atomic E-state index is 13.4. The van der Waals surface area contributed by atoms with Gasteiger partial charge in [-0.05, 0) is 67.2 Å². The standard InChI is InChI=1S/C30H28N4O4/c1-14-10-31-26-17(35)6-20-29(24(14)26)8-16(29)12-33(20)22(37)4-3-5-23(38)34-13-28-9-19(28)30(28)21(34)7-18(36)27-25(30)15(2)11-32-27/h6-7,10-11,16,19,31-32H,3-5,8-9,12-13H2,1-2H3/t16-,19?,28+,29?,30?/m1/s1. The number of piperidine rings is 2. The number of H-pyrrole nitrogens is 2. The van der Waals surface area contributed by atoms with Crippen LogP contribution in [0.3, 0.4) is 0 Å². The van der Waals surface area contributed by atoms with Crippen molar-refractivity contribution in [2.24, 2.45) is 17.3 Å². The highest BCUT2D eigenvalue weighted by atomic mass is 16.2. The van der Waals surface area contributed by atoms with Gasteiger partial charge in [-0.2, -0.15) is 0 Å². The molecule has 2 aromatic rings. The number of aryl methyl sites for hydroxylation is 2. The van der Waals surface area contributed by atoms with Crippen molar-refractivity contribution in [3.63, 3.8) is 0 Å². The van der Waals surface area contributed by atoms with Gasteiger partial charge in [-0.15, -0.1) is 0 Å². The van der Waals surface area contributed by atoms with Crippen molar-refractivity contribution < 1.29 is 19.2 Å². The van der Waals surface area contributed by atoms with Gasteiger partial charge in [-0.3, -0.25) is 19.2 Å². The Labute approximate surface area is 219 Å². The third kappa shape index (κ3) is 2.05. The van der Waals surface area contributed by atoms with E-state index in [1.807, 2.05) is 31.1 Å². The largest absolute Gasteiger partial charge is 0.358 e. The van der Waals surface area contributed by atoms with Crippen LogP contribution in [-0.2, 0) is 20.4 Å². The molecule has 8 heteroatoms. The molecule has 2 N–H and O–H groups in total. The fourth-order valence-corrected chi connectivity index (χ4v) is 9.32. The van der Waals surface area contributed by atoms with Crippen LogP contribution in [0.25, 0.3) is 0 Å². The zero-order valence-corrected chi connectivity index (χ0v) is 21.4. The highest BCUT2D eigenvalue weighted by Gasteiger charge is 2.95. The number of aromatic nitrogens is 2. The van der Waals surface area contributed by atoms with E-state index in [1.54, 1.807) is 17.1 Å². The number of rotatable bonds is 4. The van der Waals surface area contributed by atoms with Crippen LogP contribution in [0, 0.1) is 31.1 Å². The minimum atomic E-state index is -0.195. The monoisotopic (exact) mass is 508 g/mol. The first-order valence-corrected chi connectivity index (χ1v) is 13.8. The van der Waals surface area contributed by atoms with Gasteiger partial charge in [0, 0.05) is 78.1 Å². The van der Waals surface area contributed by atoms with Crippen molar-refractivity contribution in [2.45, 2.75) is 56.8 Å². The summed E-state index contributed by atoms with van der Waals surface area (Å²) in [6, 6.07) is 0. The summed E-state index contributed by atoms with van der Waals surface area (Å²) in [7, 11) is 0. The van der Waals surface area contributed by atoms with Crippen molar-refractivity contribution in [2.75, 3.05) is 13.1 Å². The summed E-state index contributed by atoms with van der Waals surface area (Å²) in [5.41, 5.74) is 7.21. The average Bonchev–Trinajstić information content (AvgIpc) is 3.73. The molecule has 0 radical (unpaired) electrons. The molecular weight excluding hydrogens is 480 g/mol. The molecule has 5 fully saturated rings. The summed E-state index contributed by atoms with van der Waals surface area (Å²) in [6.45, 7) is 5.38. The second-order valence-electron chi connectivity index (χ2n) is 12.7. The molecule has 192 valence electrons. The Hall–Kier alpha value is -3.68. The fourth-order valence-electron chi connectivity index (χ4n) is 9.32. The van der Waals surface area contributed by atoms with Gasteiger partial charge < -0.3 is 19.8 Å². The number of fused-ring (bicyclic) bond motifs is 2. The van der Waals surface area contributed by atoms with E-state index in [-0.39, 0.29) is 52.5 Å². The summed E-state index contributed by atoms with van der Waals surface area (Å²) >= 11 is 0. The second-order valence-corrected chi connectivity index (χ2v) is 12.7. The number of nitrogens with one attached hydrogen (secondary N) is 2. The first-order valence-electron chi connectivity index (χ1n) is 13.8. The molecular formula is C30H28N4O4. The van der Waals surface area contributed by atoms with Crippen molar-refractivity contribution >= 4 is 23.4 Å². The lowest BCUT2D eigenvalue weighted by Crippen LogP contribution is -2.35. The molecule has 3 saturated carbocycles. The van der Waals surface area contributed by atoms with Crippen LogP contribution in [0.5, 0.6) is 0 Å². The summed E-state index contributed by atoms with van der Waals surface area (Å²) in [5.74, 6) is 0.767. The normalized spacial score (nSPS) is 35.8. The topological polar surface area (TPSA) is 106 Å². The summed E-state index contributed by atoms with van der Waals surface area (Å²) in [5, 5.41) is 0.